The van der Waals surface area contributed by atoms with Crippen LogP contribution in [0, 0.1) is 6.92 Å². The standard InChI is InChI=1S/C21H22N2O4/c1-4-27-17-11-7-15(8-12-17)18(24)13-23-19(25)21(3,22-20(23)26)16-9-5-14(2)6-10-16/h5-12H,4,13H2,1-3H3,(H,22,26). The van der Waals surface area contributed by atoms with E-state index < -0.39 is 17.5 Å². The summed E-state index contributed by atoms with van der Waals surface area (Å²) >= 11 is 0. The minimum absolute atomic E-state index is 0.305. The molecule has 0 bridgehead atoms. The van der Waals surface area contributed by atoms with Gasteiger partial charge < -0.3 is 10.1 Å². The Morgan fingerprint density at radius 3 is 2.30 bits per heavy atom. The zero-order valence-electron chi connectivity index (χ0n) is 15.6. The van der Waals surface area contributed by atoms with Crippen LogP contribution >= 0.6 is 0 Å². The third kappa shape index (κ3) is 3.56. The molecule has 1 N–H and O–H groups in total. The Balaban J connectivity index is 1.77. The lowest BCUT2D eigenvalue weighted by Crippen LogP contribution is -2.41. The third-order valence-corrected chi connectivity index (χ3v) is 4.69. The molecule has 0 aliphatic carbocycles. The van der Waals surface area contributed by atoms with E-state index in [1.807, 2.05) is 38.1 Å². The number of nitrogens with zero attached hydrogens (tertiary/aromatic N) is 1. The molecule has 1 saturated heterocycles. The number of hydrogen-bond acceptors (Lipinski definition) is 4. The molecule has 3 amide bonds. The molecule has 0 radical (unpaired) electrons. The van der Waals surface area contributed by atoms with Gasteiger partial charge in [-0.2, -0.15) is 0 Å². The van der Waals surface area contributed by atoms with E-state index in [1.165, 1.54) is 0 Å². The highest BCUT2D eigenvalue weighted by molar-refractivity contribution is 6.11. The first-order valence-corrected chi connectivity index (χ1v) is 8.82. The van der Waals surface area contributed by atoms with Crippen LogP contribution in [-0.2, 0) is 10.3 Å². The van der Waals surface area contributed by atoms with E-state index >= 15 is 0 Å². The molecule has 1 fully saturated rings. The molecule has 0 spiro atoms. The van der Waals surface area contributed by atoms with Crippen LogP contribution in [0.15, 0.2) is 48.5 Å². The van der Waals surface area contributed by atoms with E-state index in [2.05, 4.69) is 5.32 Å². The minimum Gasteiger partial charge on any atom is -0.494 e. The van der Waals surface area contributed by atoms with Crippen LogP contribution in [0.25, 0.3) is 0 Å². The molecule has 1 unspecified atom stereocenters. The highest BCUT2D eigenvalue weighted by Gasteiger charge is 2.49. The largest absolute Gasteiger partial charge is 0.494 e. The molecule has 2 aromatic carbocycles. The summed E-state index contributed by atoms with van der Waals surface area (Å²) in [5.41, 5.74) is 0.983. The highest BCUT2D eigenvalue weighted by Crippen LogP contribution is 2.29. The van der Waals surface area contributed by atoms with Crippen molar-refractivity contribution in [3.8, 4) is 5.75 Å². The Hall–Kier alpha value is -3.15. The molecule has 6 heteroatoms. The number of imide groups is 1. The van der Waals surface area contributed by atoms with Gasteiger partial charge in [-0.3, -0.25) is 14.5 Å². The van der Waals surface area contributed by atoms with E-state index in [-0.39, 0.29) is 12.3 Å². The number of urea groups is 1. The van der Waals surface area contributed by atoms with Gasteiger partial charge in [-0.1, -0.05) is 29.8 Å². The zero-order valence-corrected chi connectivity index (χ0v) is 15.6. The quantitative estimate of drug-likeness (QED) is 0.630. The van der Waals surface area contributed by atoms with Gasteiger partial charge in [0.25, 0.3) is 5.91 Å². The maximum Gasteiger partial charge on any atom is 0.325 e. The summed E-state index contributed by atoms with van der Waals surface area (Å²) in [7, 11) is 0. The first-order chi connectivity index (χ1) is 12.8. The zero-order chi connectivity index (χ0) is 19.6. The summed E-state index contributed by atoms with van der Waals surface area (Å²) in [6.07, 6.45) is 0. The van der Waals surface area contributed by atoms with E-state index in [0.29, 0.717) is 23.5 Å². The van der Waals surface area contributed by atoms with Crippen molar-refractivity contribution in [3.63, 3.8) is 0 Å². The summed E-state index contributed by atoms with van der Waals surface area (Å²) < 4.78 is 5.35. The number of Topliss-reactive ketones (excluding diaryl/α,β-unsaturated/α-hetero) is 1. The predicted molar refractivity (Wildman–Crippen MR) is 101 cm³/mol. The summed E-state index contributed by atoms with van der Waals surface area (Å²) in [5, 5.41) is 2.71. The maximum atomic E-state index is 12.9. The summed E-state index contributed by atoms with van der Waals surface area (Å²) in [6.45, 7) is 5.71. The van der Waals surface area contributed by atoms with Crippen molar-refractivity contribution in [3.05, 3.63) is 65.2 Å². The second kappa shape index (κ2) is 7.23. The molecule has 0 saturated carbocycles. The maximum absolute atomic E-state index is 12.9. The molecular formula is C21H22N2O4. The van der Waals surface area contributed by atoms with Crippen LogP contribution in [0.3, 0.4) is 0 Å². The van der Waals surface area contributed by atoms with Crippen molar-refractivity contribution < 1.29 is 19.1 Å². The van der Waals surface area contributed by atoms with Crippen LogP contribution in [-0.4, -0.2) is 35.8 Å². The van der Waals surface area contributed by atoms with Gasteiger partial charge in [0.2, 0.25) is 0 Å². The Bertz CT molecular complexity index is 874. The molecule has 0 aromatic heterocycles. The fraction of sp³-hybridized carbons (Fsp3) is 0.286. The lowest BCUT2D eigenvalue weighted by molar-refractivity contribution is -0.130. The third-order valence-electron chi connectivity index (χ3n) is 4.69. The lowest BCUT2D eigenvalue weighted by atomic mass is 9.91. The molecule has 2 aromatic rings. The molecule has 27 heavy (non-hydrogen) atoms. The molecule has 140 valence electrons. The first-order valence-electron chi connectivity index (χ1n) is 8.82. The Kier molecular flexibility index (Phi) is 4.99. The van der Waals surface area contributed by atoms with Crippen LogP contribution < -0.4 is 10.1 Å². The van der Waals surface area contributed by atoms with Crippen molar-refractivity contribution in [1.82, 2.24) is 10.2 Å². The van der Waals surface area contributed by atoms with Crippen molar-refractivity contribution in [2.45, 2.75) is 26.3 Å². The average molecular weight is 366 g/mol. The number of aryl methyl sites for hydroxylation is 1. The van der Waals surface area contributed by atoms with Gasteiger partial charge in [0.15, 0.2) is 5.78 Å². The number of ketones is 1. The smallest absolute Gasteiger partial charge is 0.325 e. The number of hydrogen-bond donors (Lipinski definition) is 1. The second-order valence-corrected chi connectivity index (χ2v) is 6.69. The van der Waals surface area contributed by atoms with Gasteiger partial charge in [0, 0.05) is 5.56 Å². The first kappa shape index (κ1) is 18.6. The van der Waals surface area contributed by atoms with E-state index in [0.717, 1.165) is 10.5 Å². The number of benzene rings is 2. The van der Waals surface area contributed by atoms with E-state index in [1.54, 1.807) is 31.2 Å². The Morgan fingerprint density at radius 1 is 1.07 bits per heavy atom. The summed E-state index contributed by atoms with van der Waals surface area (Å²) in [5.74, 6) is -0.0821. The molecule has 1 heterocycles. The number of carbonyl (C=O) groups excluding carboxylic acids is 3. The van der Waals surface area contributed by atoms with Crippen LogP contribution in [0.4, 0.5) is 4.79 Å². The predicted octanol–water partition coefficient (Wildman–Crippen LogP) is 3.04. The molecule has 1 aliphatic heterocycles. The van der Waals surface area contributed by atoms with E-state index in [4.69, 9.17) is 4.74 Å². The van der Waals surface area contributed by atoms with Crippen molar-refractivity contribution in [1.29, 1.82) is 0 Å². The average Bonchev–Trinajstić information content (AvgIpc) is 2.87. The fourth-order valence-electron chi connectivity index (χ4n) is 3.06. The minimum atomic E-state index is -1.18. The van der Waals surface area contributed by atoms with Gasteiger partial charge in [-0.05, 0) is 50.6 Å². The van der Waals surface area contributed by atoms with Crippen molar-refractivity contribution >= 4 is 17.7 Å². The fourth-order valence-corrected chi connectivity index (χ4v) is 3.06. The second-order valence-electron chi connectivity index (χ2n) is 6.69. The number of rotatable bonds is 6. The molecule has 1 atom stereocenters. The van der Waals surface area contributed by atoms with Gasteiger partial charge in [0.05, 0.1) is 13.2 Å². The SMILES string of the molecule is CCOc1ccc(C(=O)CN2C(=O)NC(C)(c3ccc(C)cc3)C2=O)cc1. The normalized spacial score (nSPS) is 19.1. The van der Waals surface area contributed by atoms with Crippen LogP contribution in [0.1, 0.15) is 35.3 Å². The lowest BCUT2D eigenvalue weighted by Gasteiger charge is -2.22. The van der Waals surface area contributed by atoms with Gasteiger partial charge in [0.1, 0.15) is 11.3 Å². The van der Waals surface area contributed by atoms with Gasteiger partial charge >= 0.3 is 6.03 Å². The molecule has 6 nitrogen and oxygen atoms in total. The summed E-state index contributed by atoms with van der Waals surface area (Å²) in [6, 6.07) is 13.5. The van der Waals surface area contributed by atoms with E-state index in [9.17, 15) is 14.4 Å². The molecule has 1 aliphatic rings. The van der Waals surface area contributed by atoms with Gasteiger partial charge in [-0.25, -0.2) is 4.79 Å². The van der Waals surface area contributed by atoms with Gasteiger partial charge in [-0.15, -0.1) is 0 Å². The topological polar surface area (TPSA) is 75.7 Å². The van der Waals surface area contributed by atoms with Crippen molar-refractivity contribution in [2.24, 2.45) is 0 Å². The van der Waals surface area contributed by atoms with Crippen molar-refractivity contribution in [2.75, 3.05) is 13.2 Å². The molecule has 3 rings (SSSR count). The number of carbonyl (C=O) groups is 3. The van der Waals surface area contributed by atoms with Crippen LogP contribution in [0.5, 0.6) is 5.75 Å². The monoisotopic (exact) mass is 366 g/mol. The Morgan fingerprint density at radius 2 is 1.70 bits per heavy atom. The summed E-state index contributed by atoms with van der Waals surface area (Å²) in [4.78, 5) is 38.8. The van der Waals surface area contributed by atoms with Crippen LogP contribution in [0.2, 0.25) is 0 Å². The number of ether oxygens (including phenoxy) is 1. The number of amides is 3. The highest BCUT2D eigenvalue weighted by atomic mass is 16.5. The Labute approximate surface area is 158 Å². The molecular weight excluding hydrogens is 344 g/mol. The number of nitrogens with one attached hydrogen (secondary N) is 1.